The Hall–Kier alpha value is -2.16. The van der Waals surface area contributed by atoms with E-state index < -0.39 is 0 Å². The molecule has 0 N–H and O–H groups in total. The summed E-state index contributed by atoms with van der Waals surface area (Å²) >= 11 is 0. The number of carbonyl (C=O) groups is 2. The molecule has 0 heterocycles. The number of aldehydes is 1. The van der Waals surface area contributed by atoms with Gasteiger partial charge in [0.15, 0.2) is 0 Å². The van der Waals surface area contributed by atoms with Gasteiger partial charge in [0.2, 0.25) is 0 Å². The van der Waals surface area contributed by atoms with Crippen molar-refractivity contribution in [2.24, 2.45) is 0 Å². The fourth-order valence-corrected chi connectivity index (χ4v) is 1.82. The molecule has 1 aromatic carbocycles. The lowest BCUT2D eigenvalue weighted by Crippen LogP contribution is -2.06. The second kappa shape index (κ2) is 6.55. The average Bonchev–Trinajstić information content (AvgIpc) is 2.27. The first-order valence-corrected chi connectivity index (χ1v) is 5.62. The van der Waals surface area contributed by atoms with Gasteiger partial charge in [-0.05, 0) is 44.1 Å². The van der Waals surface area contributed by atoms with Gasteiger partial charge in [-0.25, -0.2) is 4.79 Å². The van der Waals surface area contributed by atoms with Crippen LogP contribution >= 0.6 is 0 Å². The first kappa shape index (κ1) is 13.9. The summed E-state index contributed by atoms with van der Waals surface area (Å²) in [5.74, 6) is -0.388. The van der Waals surface area contributed by atoms with Crippen LogP contribution in [0.1, 0.15) is 27.0 Å². The molecular formula is C15H16O3. The molecule has 3 heteroatoms. The van der Waals surface area contributed by atoms with Crippen molar-refractivity contribution in [3.05, 3.63) is 58.9 Å². The van der Waals surface area contributed by atoms with Crippen LogP contribution in [0.15, 0.2) is 36.6 Å². The summed E-state index contributed by atoms with van der Waals surface area (Å²) in [5.41, 5.74) is 3.50. The zero-order chi connectivity index (χ0) is 13.5. The lowest BCUT2D eigenvalue weighted by atomic mass is 10.0. The Bertz CT molecular complexity index is 487. The van der Waals surface area contributed by atoms with E-state index in [-0.39, 0.29) is 5.97 Å². The van der Waals surface area contributed by atoms with E-state index in [1.807, 2.05) is 32.9 Å². The monoisotopic (exact) mass is 244 g/mol. The topological polar surface area (TPSA) is 43.4 Å². The van der Waals surface area contributed by atoms with Crippen molar-refractivity contribution < 1.29 is 14.3 Å². The number of esters is 1. The molecule has 0 saturated carbocycles. The molecule has 3 nitrogen and oxygen atoms in total. The van der Waals surface area contributed by atoms with Gasteiger partial charge in [0.25, 0.3) is 0 Å². The quantitative estimate of drug-likeness (QED) is 0.269. The normalized spacial score (nSPS) is 11.1. The minimum atomic E-state index is -0.388. The maximum absolute atomic E-state index is 11.9. The van der Waals surface area contributed by atoms with Crippen LogP contribution in [-0.2, 0) is 9.53 Å². The zero-order valence-electron chi connectivity index (χ0n) is 10.8. The van der Waals surface area contributed by atoms with Gasteiger partial charge in [-0.2, -0.15) is 0 Å². The molecule has 18 heavy (non-hydrogen) atoms. The van der Waals surface area contributed by atoms with E-state index in [0.717, 1.165) is 16.7 Å². The zero-order valence-corrected chi connectivity index (χ0v) is 10.8. The van der Waals surface area contributed by atoms with Crippen LogP contribution in [0.4, 0.5) is 0 Å². The molecule has 0 aliphatic carbocycles. The first-order valence-electron chi connectivity index (χ1n) is 5.62. The second-order valence-corrected chi connectivity index (χ2v) is 4.03. The van der Waals surface area contributed by atoms with Crippen LogP contribution in [0.5, 0.6) is 0 Å². The van der Waals surface area contributed by atoms with Gasteiger partial charge in [0.1, 0.15) is 6.29 Å². The minimum Gasteiger partial charge on any atom is -0.431 e. The highest BCUT2D eigenvalue weighted by molar-refractivity contribution is 5.93. The van der Waals surface area contributed by atoms with Crippen molar-refractivity contribution in [3.63, 3.8) is 0 Å². The standard InChI is InChI=1S/C15H16O3/c1-11-9-12(2)14(13(3)10-11)15(17)18-8-6-4-5-7-16/h4-10H,1-3H3/b5-4+,8-6+. The van der Waals surface area contributed by atoms with E-state index in [4.69, 9.17) is 4.74 Å². The van der Waals surface area contributed by atoms with Crippen LogP contribution in [0, 0.1) is 20.8 Å². The van der Waals surface area contributed by atoms with Crippen LogP contribution in [0.25, 0.3) is 0 Å². The van der Waals surface area contributed by atoms with Crippen molar-refractivity contribution in [1.82, 2.24) is 0 Å². The number of aryl methyl sites for hydroxylation is 3. The first-order chi connectivity index (χ1) is 8.56. The fraction of sp³-hybridized carbons (Fsp3) is 0.200. The number of carbonyl (C=O) groups excluding carboxylic acids is 2. The molecule has 0 saturated heterocycles. The van der Waals surface area contributed by atoms with Gasteiger partial charge in [0.05, 0.1) is 11.8 Å². The highest BCUT2D eigenvalue weighted by atomic mass is 16.5. The van der Waals surface area contributed by atoms with E-state index in [9.17, 15) is 9.59 Å². The highest BCUT2D eigenvalue weighted by Gasteiger charge is 2.13. The van der Waals surface area contributed by atoms with Gasteiger partial charge < -0.3 is 4.74 Å². The molecule has 0 atom stereocenters. The fourth-order valence-electron chi connectivity index (χ4n) is 1.82. The maximum Gasteiger partial charge on any atom is 0.343 e. The number of hydrogen-bond acceptors (Lipinski definition) is 3. The maximum atomic E-state index is 11.9. The summed E-state index contributed by atoms with van der Waals surface area (Å²) in [5, 5.41) is 0. The average molecular weight is 244 g/mol. The van der Waals surface area contributed by atoms with Gasteiger partial charge in [-0.3, -0.25) is 4.79 Å². The number of rotatable bonds is 4. The predicted molar refractivity (Wildman–Crippen MR) is 70.4 cm³/mol. The summed E-state index contributed by atoms with van der Waals surface area (Å²) < 4.78 is 4.99. The van der Waals surface area contributed by atoms with Crippen LogP contribution in [0.3, 0.4) is 0 Å². The SMILES string of the molecule is Cc1cc(C)c(C(=O)O/C=C/C=C/C=O)c(C)c1. The van der Waals surface area contributed by atoms with Crippen molar-refractivity contribution in [2.45, 2.75) is 20.8 Å². The summed E-state index contributed by atoms with van der Waals surface area (Å²) in [7, 11) is 0. The van der Waals surface area contributed by atoms with Gasteiger partial charge in [-0.15, -0.1) is 0 Å². The van der Waals surface area contributed by atoms with Crippen LogP contribution < -0.4 is 0 Å². The Balaban J connectivity index is 2.82. The second-order valence-electron chi connectivity index (χ2n) is 4.03. The predicted octanol–water partition coefficient (Wildman–Crippen LogP) is 3.04. The third-order valence-corrected chi connectivity index (χ3v) is 2.44. The summed E-state index contributed by atoms with van der Waals surface area (Å²) in [6.07, 6.45) is 6.22. The van der Waals surface area contributed by atoms with Crippen LogP contribution in [-0.4, -0.2) is 12.3 Å². The van der Waals surface area contributed by atoms with E-state index in [1.165, 1.54) is 24.5 Å². The number of hydrogen-bond donors (Lipinski definition) is 0. The number of ether oxygens (including phenoxy) is 1. The Kier molecular flexibility index (Phi) is 5.06. The molecule has 0 aliphatic heterocycles. The minimum absolute atomic E-state index is 0.388. The highest BCUT2D eigenvalue weighted by Crippen LogP contribution is 2.17. The molecule has 0 spiro atoms. The smallest absolute Gasteiger partial charge is 0.343 e. The Labute approximate surface area is 107 Å². The Morgan fingerprint density at radius 1 is 1.06 bits per heavy atom. The van der Waals surface area contributed by atoms with E-state index in [2.05, 4.69) is 0 Å². The van der Waals surface area contributed by atoms with Gasteiger partial charge in [-0.1, -0.05) is 23.8 Å². The molecule has 94 valence electrons. The summed E-state index contributed by atoms with van der Waals surface area (Å²) in [6, 6.07) is 3.89. The third-order valence-electron chi connectivity index (χ3n) is 2.44. The Morgan fingerprint density at radius 3 is 2.22 bits per heavy atom. The molecule has 0 amide bonds. The van der Waals surface area contributed by atoms with Crippen molar-refractivity contribution in [1.29, 1.82) is 0 Å². The van der Waals surface area contributed by atoms with E-state index >= 15 is 0 Å². The number of benzene rings is 1. The van der Waals surface area contributed by atoms with E-state index in [0.29, 0.717) is 11.8 Å². The summed E-state index contributed by atoms with van der Waals surface area (Å²) in [6.45, 7) is 5.75. The molecular weight excluding hydrogens is 228 g/mol. The summed E-state index contributed by atoms with van der Waals surface area (Å²) in [4.78, 5) is 21.9. The molecule has 0 radical (unpaired) electrons. The van der Waals surface area contributed by atoms with Crippen LogP contribution in [0.2, 0.25) is 0 Å². The molecule has 1 rings (SSSR count). The van der Waals surface area contributed by atoms with Gasteiger partial charge >= 0.3 is 5.97 Å². The van der Waals surface area contributed by atoms with Crippen molar-refractivity contribution in [3.8, 4) is 0 Å². The Morgan fingerprint density at radius 2 is 1.67 bits per heavy atom. The van der Waals surface area contributed by atoms with Gasteiger partial charge in [0, 0.05) is 0 Å². The third kappa shape index (κ3) is 3.70. The lowest BCUT2D eigenvalue weighted by Gasteiger charge is -2.08. The van der Waals surface area contributed by atoms with Crippen molar-refractivity contribution >= 4 is 12.3 Å². The molecule has 0 aromatic heterocycles. The molecule has 0 fully saturated rings. The molecule has 0 bridgehead atoms. The molecule has 1 aromatic rings. The van der Waals surface area contributed by atoms with Crippen molar-refractivity contribution in [2.75, 3.05) is 0 Å². The largest absolute Gasteiger partial charge is 0.431 e. The molecule has 0 unspecified atom stereocenters. The molecule has 0 aliphatic rings. The lowest BCUT2D eigenvalue weighted by molar-refractivity contribution is -0.104. The van der Waals surface area contributed by atoms with E-state index in [1.54, 1.807) is 0 Å². The number of allylic oxidation sites excluding steroid dienone is 3.